The molecule has 0 heterocycles. The Labute approximate surface area is 102 Å². The molecule has 2 atom stereocenters. The summed E-state index contributed by atoms with van der Waals surface area (Å²) in [6.45, 7) is 0.860. The number of nitrogens with one attached hydrogen (secondary N) is 1. The van der Waals surface area contributed by atoms with E-state index in [-0.39, 0.29) is 0 Å². The molecule has 0 saturated heterocycles. The third kappa shape index (κ3) is 3.21. The SMILES string of the molecule is N[C@@H]1CCCC[C@H]1NCc1cccc(Cl)c1. The van der Waals surface area contributed by atoms with Crippen LogP contribution in [0.1, 0.15) is 31.2 Å². The molecule has 3 N–H and O–H groups in total. The lowest BCUT2D eigenvalue weighted by atomic mass is 9.91. The first-order valence-corrected chi connectivity index (χ1v) is 6.37. The smallest absolute Gasteiger partial charge is 0.0409 e. The van der Waals surface area contributed by atoms with Crippen LogP contribution >= 0.6 is 11.6 Å². The standard InChI is InChI=1S/C13H19ClN2/c14-11-5-3-4-10(8-11)9-16-13-7-2-1-6-12(13)15/h3-5,8,12-13,16H,1-2,6-7,9,15H2/t12-,13-/m1/s1. The molecule has 1 aliphatic carbocycles. The fourth-order valence-electron chi connectivity index (χ4n) is 2.31. The Morgan fingerprint density at radius 1 is 1.31 bits per heavy atom. The molecule has 1 aliphatic rings. The number of benzene rings is 1. The largest absolute Gasteiger partial charge is 0.326 e. The van der Waals surface area contributed by atoms with E-state index in [2.05, 4.69) is 11.4 Å². The summed E-state index contributed by atoms with van der Waals surface area (Å²) in [6.07, 6.45) is 4.91. The minimum absolute atomic E-state index is 0.313. The molecular formula is C13H19ClN2. The van der Waals surface area contributed by atoms with Crippen molar-refractivity contribution in [1.29, 1.82) is 0 Å². The first-order valence-electron chi connectivity index (χ1n) is 5.99. The Kier molecular flexibility index (Phi) is 4.22. The maximum atomic E-state index is 6.08. The Hall–Kier alpha value is -0.570. The van der Waals surface area contributed by atoms with Crippen molar-refractivity contribution in [1.82, 2.24) is 5.32 Å². The zero-order valence-corrected chi connectivity index (χ0v) is 10.2. The van der Waals surface area contributed by atoms with Crippen LogP contribution in [0.4, 0.5) is 0 Å². The summed E-state index contributed by atoms with van der Waals surface area (Å²) in [5, 5.41) is 4.33. The van der Waals surface area contributed by atoms with E-state index in [1.165, 1.54) is 24.8 Å². The number of hydrogen-bond acceptors (Lipinski definition) is 2. The van der Waals surface area contributed by atoms with Crippen molar-refractivity contribution in [3.8, 4) is 0 Å². The van der Waals surface area contributed by atoms with Crippen molar-refractivity contribution in [3.63, 3.8) is 0 Å². The van der Waals surface area contributed by atoms with Gasteiger partial charge in [-0.25, -0.2) is 0 Å². The molecule has 1 saturated carbocycles. The minimum atomic E-state index is 0.313. The van der Waals surface area contributed by atoms with Crippen LogP contribution < -0.4 is 11.1 Å². The van der Waals surface area contributed by atoms with Crippen LogP contribution in [0, 0.1) is 0 Å². The fourth-order valence-corrected chi connectivity index (χ4v) is 2.52. The van der Waals surface area contributed by atoms with Gasteiger partial charge in [-0.3, -0.25) is 0 Å². The van der Waals surface area contributed by atoms with E-state index in [1.807, 2.05) is 18.2 Å². The summed E-state index contributed by atoms with van der Waals surface area (Å²) in [4.78, 5) is 0. The minimum Gasteiger partial charge on any atom is -0.326 e. The Balaban J connectivity index is 1.86. The molecule has 1 aromatic carbocycles. The van der Waals surface area contributed by atoms with Gasteiger partial charge >= 0.3 is 0 Å². The van der Waals surface area contributed by atoms with Gasteiger partial charge in [0.1, 0.15) is 0 Å². The Morgan fingerprint density at radius 3 is 2.88 bits per heavy atom. The molecule has 16 heavy (non-hydrogen) atoms. The van der Waals surface area contributed by atoms with E-state index in [4.69, 9.17) is 17.3 Å². The molecular weight excluding hydrogens is 220 g/mol. The number of halogens is 1. The summed E-state index contributed by atoms with van der Waals surface area (Å²) in [5.41, 5.74) is 7.31. The van der Waals surface area contributed by atoms with Crippen LogP contribution in [0.5, 0.6) is 0 Å². The molecule has 0 unspecified atom stereocenters. The normalized spacial score (nSPS) is 25.6. The Bertz CT molecular complexity index is 340. The number of nitrogens with two attached hydrogens (primary N) is 1. The van der Waals surface area contributed by atoms with Crippen LogP contribution in [0.3, 0.4) is 0 Å². The van der Waals surface area contributed by atoms with Gasteiger partial charge in [-0.1, -0.05) is 36.6 Å². The summed E-state index contributed by atoms with van der Waals surface area (Å²) >= 11 is 5.94. The highest BCUT2D eigenvalue weighted by Gasteiger charge is 2.20. The van der Waals surface area contributed by atoms with Gasteiger partial charge in [0.05, 0.1) is 0 Å². The zero-order valence-electron chi connectivity index (χ0n) is 9.45. The first-order chi connectivity index (χ1) is 7.75. The van der Waals surface area contributed by atoms with Crippen LogP contribution in [0.25, 0.3) is 0 Å². The third-order valence-corrected chi connectivity index (χ3v) is 3.51. The lowest BCUT2D eigenvalue weighted by Gasteiger charge is -2.29. The quantitative estimate of drug-likeness (QED) is 0.850. The van der Waals surface area contributed by atoms with Crippen LogP contribution in [0.2, 0.25) is 5.02 Å². The van der Waals surface area contributed by atoms with Crippen molar-refractivity contribution in [2.75, 3.05) is 0 Å². The maximum Gasteiger partial charge on any atom is 0.0409 e. The van der Waals surface area contributed by atoms with Crippen molar-refractivity contribution >= 4 is 11.6 Å². The van der Waals surface area contributed by atoms with E-state index in [0.717, 1.165) is 18.0 Å². The molecule has 0 spiro atoms. The molecule has 0 aromatic heterocycles. The van der Waals surface area contributed by atoms with Crippen molar-refractivity contribution in [2.24, 2.45) is 5.73 Å². The topological polar surface area (TPSA) is 38.0 Å². The molecule has 2 rings (SSSR count). The highest BCUT2D eigenvalue weighted by atomic mass is 35.5. The van der Waals surface area contributed by atoms with Crippen LogP contribution in [-0.2, 0) is 6.54 Å². The lowest BCUT2D eigenvalue weighted by molar-refractivity contribution is 0.326. The van der Waals surface area contributed by atoms with Crippen LogP contribution in [-0.4, -0.2) is 12.1 Å². The number of rotatable bonds is 3. The van der Waals surface area contributed by atoms with Gasteiger partial charge in [0, 0.05) is 23.7 Å². The third-order valence-electron chi connectivity index (χ3n) is 3.28. The maximum absolute atomic E-state index is 6.08. The second-order valence-corrected chi connectivity index (χ2v) is 5.00. The molecule has 0 aliphatic heterocycles. The van der Waals surface area contributed by atoms with Gasteiger partial charge in [0.2, 0.25) is 0 Å². The summed E-state index contributed by atoms with van der Waals surface area (Å²) < 4.78 is 0. The molecule has 2 nitrogen and oxygen atoms in total. The van der Waals surface area contributed by atoms with E-state index in [9.17, 15) is 0 Å². The summed E-state index contributed by atoms with van der Waals surface area (Å²) in [5.74, 6) is 0. The molecule has 0 amide bonds. The van der Waals surface area contributed by atoms with Crippen molar-refractivity contribution in [3.05, 3.63) is 34.9 Å². The Morgan fingerprint density at radius 2 is 2.12 bits per heavy atom. The van der Waals surface area contributed by atoms with Crippen LogP contribution in [0.15, 0.2) is 24.3 Å². The molecule has 1 aromatic rings. The molecule has 88 valence electrons. The van der Waals surface area contributed by atoms with E-state index in [1.54, 1.807) is 0 Å². The van der Waals surface area contributed by atoms with E-state index >= 15 is 0 Å². The zero-order chi connectivity index (χ0) is 11.4. The predicted molar refractivity (Wildman–Crippen MR) is 68.5 cm³/mol. The number of hydrogen-bond donors (Lipinski definition) is 2. The molecule has 1 fully saturated rings. The van der Waals surface area contributed by atoms with Gasteiger partial charge in [-0.05, 0) is 30.5 Å². The van der Waals surface area contributed by atoms with Gasteiger partial charge in [-0.15, -0.1) is 0 Å². The van der Waals surface area contributed by atoms with Gasteiger partial charge < -0.3 is 11.1 Å². The lowest BCUT2D eigenvalue weighted by Crippen LogP contribution is -2.46. The monoisotopic (exact) mass is 238 g/mol. The van der Waals surface area contributed by atoms with E-state index < -0.39 is 0 Å². The molecule has 0 bridgehead atoms. The summed E-state index contributed by atoms with van der Waals surface area (Å²) in [7, 11) is 0. The predicted octanol–water partition coefficient (Wildman–Crippen LogP) is 2.70. The second-order valence-electron chi connectivity index (χ2n) is 4.57. The average Bonchev–Trinajstić information content (AvgIpc) is 2.28. The first kappa shape index (κ1) is 11.9. The van der Waals surface area contributed by atoms with Gasteiger partial charge in [0.25, 0.3) is 0 Å². The average molecular weight is 239 g/mol. The molecule has 3 heteroatoms. The molecule has 0 radical (unpaired) electrons. The van der Waals surface area contributed by atoms with Crippen molar-refractivity contribution in [2.45, 2.75) is 44.3 Å². The second kappa shape index (κ2) is 5.67. The fraction of sp³-hybridized carbons (Fsp3) is 0.538. The van der Waals surface area contributed by atoms with Gasteiger partial charge in [-0.2, -0.15) is 0 Å². The van der Waals surface area contributed by atoms with Gasteiger partial charge in [0.15, 0.2) is 0 Å². The highest BCUT2D eigenvalue weighted by Crippen LogP contribution is 2.17. The highest BCUT2D eigenvalue weighted by molar-refractivity contribution is 6.30. The van der Waals surface area contributed by atoms with E-state index in [0.29, 0.717) is 12.1 Å². The summed E-state index contributed by atoms with van der Waals surface area (Å²) in [6, 6.07) is 8.76. The van der Waals surface area contributed by atoms with Crippen molar-refractivity contribution < 1.29 is 0 Å².